The molecular formula is C17H13ClF2N2O4. The Bertz CT molecular complexity index is 920. The number of carbonyl (C=O) groups excluding carboxylic acids is 1. The summed E-state index contributed by atoms with van der Waals surface area (Å²) < 4.78 is 32.5. The van der Waals surface area contributed by atoms with Gasteiger partial charge in [-0.3, -0.25) is 10.1 Å². The molecule has 1 heterocycles. The molecule has 1 aliphatic heterocycles. The molecule has 136 valence electrons. The zero-order valence-electron chi connectivity index (χ0n) is 13.6. The molecule has 2 aromatic rings. The van der Waals surface area contributed by atoms with Gasteiger partial charge in [-0.2, -0.15) is 0 Å². The highest BCUT2D eigenvalue weighted by Gasteiger charge is 2.29. The Morgan fingerprint density at radius 3 is 2.54 bits per heavy atom. The predicted octanol–water partition coefficient (Wildman–Crippen LogP) is 3.88. The number of hydrogen-bond acceptors (Lipinski definition) is 5. The number of fused-ring (bicyclic) bond motifs is 1. The predicted molar refractivity (Wildman–Crippen MR) is 90.6 cm³/mol. The molecule has 1 aliphatic rings. The molecule has 0 spiro atoms. The highest BCUT2D eigenvalue weighted by Crippen LogP contribution is 2.37. The molecule has 0 aromatic heterocycles. The number of rotatable bonds is 3. The van der Waals surface area contributed by atoms with Crippen molar-refractivity contribution < 1.29 is 23.2 Å². The van der Waals surface area contributed by atoms with Crippen molar-refractivity contribution in [1.82, 2.24) is 0 Å². The van der Waals surface area contributed by atoms with Gasteiger partial charge in [0.2, 0.25) is 0 Å². The number of nitro groups is 1. The zero-order chi connectivity index (χ0) is 19.0. The van der Waals surface area contributed by atoms with Gasteiger partial charge in [0.1, 0.15) is 17.3 Å². The monoisotopic (exact) mass is 382 g/mol. The summed E-state index contributed by atoms with van der Waals surface area (Å²) >= 11 is 6.07. The van der Waals surface area contributed by atoms with Gasteiger partial charge in [0, 0.05) is 24.7 Å². The van der Waals surface area contributed by atoms with E-state index in [0.717, 1.165) is 25.3 Å². The van der Waals surface area contributed by atoms with E-state index in [9.17, 15) is 23.7 Å². The van der Waals surface area contributed by atoms with Gasteiger partial charge in [-0.05, 0) is 30.2 Å². The largest absolute Gasteiger partial charge is 0.465 e. The summed E-state index contributed by atoms with van der Waals surface area (Å²) in [6.45, 7) is 0.190. The Balaban J connectivity index is 2.07. The van der Waals surface area contributed by atoms with Crippen LogP contribution in [0, 0.1) is 21.7 Å². The van der Waals surface area contributed by atoms with Crippen LogP contribution in [0.15, 0.2) is 24.3 Å². The Morgan fingerprint density at radius 1 is 1.27 bits per heavy atom. The fourth-order valence-electron chi connectivity index (χ4n) is 3.02. The van der Waals surface area contributed by atoms with Crippen molar-refractivity contribution in [3.63, 3.8) is 0 Å². The number of anilines is 1. The lowest BCUT2D eigenvalue weighted by Crippen LogP contribution is -2.32. The highest BCUT2D eigenvalue weighted by molar-refractivity contribution is 6.34. The number of hydrogen-bond donors (Lipinski definition) is 0. The van der Waals surface area contributed by atoms with Gasteiger partial charge in [-0.25, -0.2) is 13.6 Å². The van der Waals surface area contributed by atoms with E-state index in [4.69, 9.17) is 11.6 Å². The van der Waals surface area contributed by atoms with Crippen LogP contribution in [0.25, 0.3) is 0 Å². The van der Waals surface area contributed by atoms with Crippen molar-refractivity contribution in [1.29, 1.82) is 0 Å². The van der Waals surface area contributed by atoms with Crippen LogP contribution < -0.4 is 4.90 Å². The van der Waals surface area contributed by atoms with Gasteiger partial charge in [0.15, 0.2) is 0 Å². The topological polar surface area (TPSA) is 72.7 Å². The van der Waals surface area contributed by atoms with Crippen molar-refractivity contribution in [2.24, 2.45) is 0 Å². The minimum atomic E-state index is -0.804. The molecule has 0 N–H and O–H groups in total. The molecular weight excluding hydrogens is 370 g/mol. The average molecular weight is 383 g/mol. The van der Waals surface area contributed by atoms with Crippen LogP contribution in [0.1, 0.15) is 21.5 Å². The Hall–Kier alpha value is -2.74. The fourth-order valence-corrected chi connectivity index (χ4v) is 3.25. The summed E-state index contributed by atoms with van der Waals surface area (Å²) in [6, 6.07) is 4.39. The Morgan fingerprint density at radius 2 is 1.92 bits per heavy atom. The van der Waals surface area contributed by atoms with Gasteiger partial charge in [0.05, 0.1) is 22.6 Å². The molecule has 0 amide bonds. The molecule has 26 heavy (non-hydrogen) atoms. The second kappa shape index (κ2) is 6.87. The second-order valence-electron chi connectivity index (χ2n) is 5.73. The number of nitrogens with zero attached hydrogens (tertiary/aromatic N) is 2. The molecule has 0 bridgehead atoms. The molecule has 0 saturated carbocycles. The van der Waals surface area contributed by atoms with Gasteiger partial charge >= 0.3 is 5.97 Å². The van der Waals surface area contributed by atoms with Crippen molar-refractivity contribution in [3.8, 4) is 0 Å². The number of halogens is 3. The maximum atomic E-state index is 14.1. The van der Waals surface area contributed by atoms with Crippen LogP contribution in [-0.4, -0.2) is 24.5 Å². The molecule has 9 heteroatoms. The van der Waals surface area contributed by atoms with Gasteiger partial charge in [-0.15, -0.1) is 0 Å². The average Bonchev–Trinajstić information content (AvgIpc) is 2.63. The lowest BCUT2D eigenvalue weighted by atomic mass is 9.97. The van der Waals surface area contributed by atoms with Crippen molar-refractivity contribution in [2.45, 2.75) is 13.0 Å². The first-order valence-corrected chi connectivity index (χ1v) is 7.98. The first kappa shape index (κ1) is 18.1. The summed E-state index contributed by atoms with van der Waals surface area (Å²) in [4.78, 5) is 24.0. The molecule has 0 unspecified atom stereocenters. The van der Waals surface area contributed by atoms with Gasteiger partial charge in [-0.1, -0.05) is 11.6 Å². The summed E-state index contributed by atoms with van der Waals surface area (Å²) in [5.41, 5.74) is 0.0381. The molecule has 0 aliphatic carbocycles. The van der Waals surface area contributed by atoms with Crippen LogP contribution in [-0.2, 0) is 17.7 Å². The molecule has 6 nitrogen and oxygen atoms in total. The van der Waals surface area contributed by atoms with E-state index in [2.05, 4.69) is 4.74 Å². The summed E-state index contributed by atoms with van der Waals surface area (Å²) in [5.74, 6) is -1.89. The standard InChI is InChI=1S/C17H13ClF2N2O4/c1-26-17(23)10-6-16(22(24)25)15(7-12(10)18)21-5-4-9-11(8-21)14(20)3-2-13(9)19/h2-3,6-7H,4-5,8H2,1H3. The molecule has 2 aromatic carbocycles. The molecule has 0 atom stereocenters. The minimum absolute atomic E-state index is 0.0250. The van der Waals surface area contributed by atoms with Gasteiger partial charge < -0.3 is 9.64 Å². The summed E-state index contributed by atoms with van der Waals surface area (Å²) in [7, 11) is 1.14. The SMILES string of the molecule is COC(=O)c1cc([N+](=O)[O-])c(N2CCc3c(F)ccc(F)c3C2)cc1Cl. The van der Waals surface area contributed by atoms with E-state index in [1.54, 1.807) is 0 Å². The van der Waals surface area contributed by atoms with E-state index < -0.39 is 22.5 Å². The maximum absolute atomic E-state index is 14.1. The summed E-state index contributed by atoms with van der Waals surface area (Å²) in [6.07, 6.45) is 0.187. The number of methoxy groups -OCH3 is 1. The molecule has 0 saturated heterocycles. The number of carbonyl (C=O) groups is 1. The third-order valence-electron chi connectivity index (χ3n) is 4.30. The van der Waals surface area contributed by atoms with Crippen molar-refractivity contribution in [3.05, 3.63) is 67.7 Å². The number of esters is 1. The fraction of sp³-hybridized carbons (Fsp3) is 0.235. The molecule has 3 rings (SSSR count). The normalized spacial score (nSPS) is 13.3. The van der Waals surface area contributed by atoms with Crippen LogP contribution in [0.2, 0.25) is 5.02 Å². The quantitative estimate of drug-likeness (QED) is 0.457. The minimum Gasteiger partial charge on any atom is -0.465 e. The lowest BCUT2D eigenvalue weighted by Gasteiger charge is -2.31. The van der Waals surface area contributed by atoms with Crippen LogP contribution in [0.3, 0.4) is 0 Å². The van der Waals surface area contributed by atoms with E-state index in [1.165, 1.54) is 11.0 Å². The number of ether oxygens (including phenoxy) is 1. The first-order chi connectivity index (χ1) is 12.3. The first-order valence-electron chi connectivity index (χ1n) is 7.60. The zero-order valence-corrected chi connectivity index (χ0v) is 14.3. The van der Waals surface area contributed by atoms with E-state index in [0.29, 0.717) is 0 Å². The van der Waals surface area contributed by atoms with E-state index in [-0.39, 0.29) is 52.6 Å². The highest BCUT2D eigenvalue weighted by atomic mass is 35.5. The smallest absolute Gasteiger partial charge is 0.339 e. The van der Waals surface area contributed by atoms with Crippen molar-refractivity contribution >= 4 is 28.9 Å². The molecule has 0 radical (unpaired) electrons. The van der Waals surface area contributed by atoms with Crippen LogP contribution >= 0.6 is 11.6 Å². The van der Waals surface area contributed by atoms with E-state index >= 15 is 0 Å². The van der Waals surface area contributed by atoms with Crippen LogP contribution in [0.5, 0.6) is 0 Å². The Kier molecular flexibility index (Phi) is 4.78. The maximum Gasteiger partial charge on any atom is 0.339 e. The molecule has 0 fully saturated rings. The van der Waals surface area contributed by atoms with Crippen molar-refractivity contribution in [2.75, 3.05) is 18.6 Å². The number of benzene rings is 2. The van der Waals surface area contributed by atoms with Gasteiger partial charge in [0.25, 0.3) is 5.69 Å². The lowest BCUT2D eigenvalue weighted by molar-refractivity contribution is -0.384. The number of nitro benzene ring substituents is 1. The second-order valence-corrected chi connectivity index (χ2v) is 6.13. The third-order valence-corrected chi connectivity index (χ3v) is 4.62. The summed E-state index contributed by atoms with van der Waals surface area (Å²) in [5, 5.41) is 11.4. The van der Waals surface area contributed by atoms with E-state index in [1.807, 2.05) is 0 Å². The van der Waals surface area contributed by atoms with Crippen LogP contribution in [0.4, 0.5) is 20.2 Å². The Labute approximate surface area is 152 Å². The third kappa shape index (κ3) is 3.08.